The van der Waals surface area contributed by atoms with Crippen LogP contribution in [0.5, 0.6) is 0 Å². The molecule has 0 aliphatic carbocycles. The van der Waals surface area contributed by atoms with Crippen molar-refractivity contribution in [2.45, 2.75) is 32.2 Å². The summed E-state index contributed by atoms with van der Waals surface area (Å²) in [5.74, 6) is -1.20. The van der Waals surface area contributed by atoms with Gasteiger partial charge < -0.3 is 9.63 Å². The maximum atomic E-state index is 14.8. The number of rotatable bonds is 8. The van der Waals surface area contributed by atoms with E-state index in [9.17, 15) is 19.1 Å². The third kappa shape index (κ3) is 5.68. The lowest BCUT2D eigenvalue weighted by Crippen LogP contribution is -2.56. The zero-order valence-corrected chi connectivity index (χ0v) is 23.1. The highest BCUT2D eigenvalue weighted by molar-refractivity contribution is 6.01. The zero-order valence-electron chi connectivity index (χ0n) is 23.1. The Kier molecular flexibility index (Phi) is 7.82. The number of halogens is 1. The number of aliphatic carboxylic acids is 1. The second-order valence-corrected chi connectivity index (χ2v) is 11.0. The minimum absolute atomic E-state index is 0.233. The molecule has 2 N–H and O–H groups in total. The number of amides is 1. The molecule has 4 aromatic rings. The minimum Gasteiger partial charge on any atom is -0.480 e. The zero-order chi connectivity index (χ0) is 29.1. The monoisotopic (exact) mass is 569 g/mol. The molecule has 9 nitrogen and oxygen atoms in total. The van der Waals surface area contributed by atoms with Crippen molar-refractivity contribution >= 4 is 11.9 Å². The van der Waals surface area contributed by atoms with E-state index in [1.165, 1.54) is 6.07 Å². The summed E-state index contributed by atoms with van der Waals surface area (Å²) < 4.78 is 20.3. The van der Waals surface area contributed by atoms with E-state index in [0.717, 1.165) is 42.6 Å². The van der Waals surface area contributed by atoms with Crippen LogP contribution in [0, 0.1) is 11.2 Å². The number of benzene rings is 3. The van der Waals surface area contributed by atoms with Gasteiger partial charge in [0, 0.05) is 49.4 Å². The largest absolute Gasteiger partial charge is 0.480 e. The number of hydrazine groups is 1. The van der Waals surface area contributed by atoms with Gasteiger partial charge in [-0.05, 0) is 48.9 Å². The number of piperidine rings is 1. The Hall–Kier alpha value is -4.41. The molecule has 0 atom stereocenters. The standard InChI is InChI=1S/C32H32FN5O4/c33-27-20-25(12-13-26(27)23-6-2-1-3-7-23)29-34-28(36-42-29)24-10-8-22(9-11-24)21-37-18-14-32(15-19-37,31(40)41)30(39)35-38-16-4-5-17-38/h1-3,6-13,20H,4-5,14-19,21H2,(H,35,39)(H,40,41). The molecule has 2 fully saturated rings. The second kappa shape index (κ2) is 11.8. The number of hydrogen-bond donors (Lipinski definition) is 2. The average Bonchev–Trinajstić information content (AvgIpc) is 3.71. The second-order valence-electron chi connectivity index (χ2n) is 11.0. The van der Waals surface area contributed by atoms with Gasteiger partial charge in [0.2, 0.25) is 5.82 Å². The van der Waals surface area contributed by atoms with Crippen LogP contribution in [0.3, 0.4) is 0 Å². The molecule has 216 valence electrons. The van der Waals surface area contributed by atoms with Gasteiger partial charge in [-0.3, -0.25) is 19.9 Å². The molecule has 0 saturated carbocycles. The Morgan fingerprint density at radius 1 is 0.905 bits per heavy atom. The Morgan fingerprint density at radius 3 is 2.26 bits per heavy atom. The SMILES string of the molecule is O=C(O)C1(C(=O)NN2CCCC2)CCN(Cc2ccc(-c3noc(-c4ccc(-c5ccccc5)c(F)c4)n3)cc2)CC1. The number of hydrogen-bond acceptors (Lipinski definition) is 7. The number of aromatic nitrogens is 2. The number of nitrogens with zero attached hydrogens (tertiary/aromatic N) is 4. The maximum Gasteiger partial charge on any atom is 0.319 e. The number of nitrogens with one attached hydrogen (secondary N) is 1. The van der Waals surface area contributed by atoms with Crippen molar-refractivity contribution < 1.29 is 23.6 Å². The first-order chi connectivity index (χ1) is 20.4. The molecule has 0 radical (unpaired) electrons. The van der Waals surface area contributed by atoms with Gasteiger partial charge in [0.1, 0.15) is 11.2 Å². The van der Waals surface area contributed by atoms with Crippen LogP contribution in [0.25, 0.3) is 34.0 Å². The van der Waals surface area contributed by atoms with Crippen LogP contribution in [0.4, 0.5) is 4.39 Å². The summed E-state index contributed by atoms with van der Waals surface area (Å²) in [5, 5.41) is 15.9. The van der Waals surface area contributed by atoms with Gasteiger partial charge >= 0.3 is 5.97 Å². The molecule has 6 rings (SSSR count). The highest BCUT2D eigenvalue weighted by Gasteiger charge is 2.48. The lowest BCUT2D eigenvalue weighted by molar-refractivity contribution is -0.161. The average molecular weight is 570 g/mol. The van der Waals surface area contributed by atoms with Crippen molar-refractivity contribution in [3.05, 3.63) is 84.2 Å². The molecule has 1 aromatic heterocycles. The smallest absolute Gasteiger partial charge is 0.319 e. The molecular weight excluding hydrogens is 537 g/mol. The highest BCUT2D eigenvalue weighted by Crippen LogP contribution is 2.34. The fraction of sp³-hybridized carbons (Fsp3) is 0.312. The van der Waals surface area contributed by atoms with Gasteiger partial charge in [0.15, 0.2) is 0 Å². The molecule has 2 aliphatic rings. The van der Waals surface area contributed by atoms with Crippen LogP contribution in [0.2, 0.25) is 0 Å². The topological polar surface area (TPSA) is 112 Å². The Morgan fingerprint density at radius 2 is 1.60 bits per heavy atom. The Bertz CT molecular complexity index is 1560. The van der Waals surface area contributed by atoms with E-state index in [4.69, 9.17) is 4.52 Å². The van der Waals surface area contributed by atoms with Crippen LogP contribution >= 0.6 is 0 Å². The van der Waals surface area contributed by atoms with E-state index in [-0.39, 0.29) is 24.5 Å². The van der Waals surface area contributed by atoms with Gasteiger partial charge in [-0.2, -0.15) is 4.98 Å². The molecule has 0 unspecified atom stereocenters. The summed E-state index contributed by atoms with van der Waals surface area (Å²) in [6, 6.07) is 22.0. The summed E-state index contributed by atoms with van der Waals surface area (Å²) >= 11 is 0. The van der Waals surface area contributed by atoms with Crippen molar-refractivity contribution in [3.8, 4) is 34.0 Å². The lowest BCUT2D eigenvalue weighted by Gasteiger charge is -2.38. The molecule has 10 heteroatoms. The minimum atomic E-state index is -1.40. The third-order valence-corrected chi connectivity index (χ3v) is 8.26. The van der Waals surface area contributed by atoms with E-state index in [1.807, 2.05) is 59.6 Å². The molecule has 2 saturated heterocycles. The first-order valence-electron chi connectivity index (χ1n) is 14.2. The van der Waals surface area contributed by atoms with Crippen molar-refractivity contribution in [1.82, 2.24) is 25.5 Å². The normalized spacial score (nSPS) is 17.3. The van der Waals surface area contributed by atoms with Crippen molar-refractivity contribution in [3.63, 3.8) is 0 Å². The van der Waals surface area contributed by atoms with Crippen molar-refractivity contribution in [1.29, 1.82) is 0 Å². The van der Waals surface area contributed by atoms with E-state index in [1.54, 1.807) is 12.1 Å². The fourth-order valence-corrected chi connectivity index (χ4v) is 5.69. The number of carbonyl (C=O) groups is 2. The predicted octanol–water partition coefficient (Wildman–Crippen LogP) is 5.00. The summed E-state index contributed by atoms with van der Waals surface area (Å²) in [6.07, 6.45) is 2.53. The fourth-order valence-electron chi connectivity index (χ4n) is 5.69. The molecule has 0 spiro atoms. The van der Waals surface area contributed by atoms with E-state index < -0.39 is 17.3 Å². The maximum absolute atomic E-state index is 14.8. The van der Waals surface area contributed by atoms with Gasteiger partial charge in [0.25, 0.3) is 11.8 Å². The number of likely N-dealkylation sites (tertiary alicyclic amines) is 1. The van der Waals surface area contributed by atoms with Gasteiger partial charge in [-0.25, -0.2) is 9.40 Å². The van der Waals surface area contributed by atoms with E-state index in [2.05, 4.69) is 20.5 Å². The van der Waals surface area contributed by atoms with Gasteiger partial charge in [-0.1, -0.05) is 65.8 Å². The first kappa shape index (κ1) is 27.7. The van der Waals surface area contributed by atoms with Gasteiger partial charge in [0.05, 0.1) is 0 Å². The number of carboxylic acids is 1. The molecule has 1 amide bonds. The number of carbonyl (C=O) groups excluding carboxylic acids is 1. The predicted molar refractivity (Wildman–Crippen MR) is 154 cm³/mol. The molecular formula is C32H32FN5O4. The molecule has 3 heterocycles. The Balaban J connectivity index is 1.07. The quantitative estimate of drug-likeness (QED) is 0.285. The van der Waals surface area contributed by atoms with Crippen molar-refractivity contribution in [2.75, 3.05) is 26.2 Å². The van der Waals surface area contributed by atoms with Crippen LogP contribution < -0.4 is 5.43 Å². The lowest BCUT2D eigenvalue weighted by atomic mass is 9.77. The summed E-state index contributed by atoms with van der Waals surface area (Å²) in [7, 11) is 0. The summed E-state index contributed by atoms with van der Waals surface area (Å²) in [4.78, 5) is 31.8. The number of carboxylic acid groups (broad SMARTS) is 1. The van der Waals surface area contributed by atoms with E-state index >= 15 is 0 Å². The van der Waals surface area contributed by atoms with Crippen molar-refractivity contribution in [2.24, 2.45) is 5.41 Å². The van der Waals surface area contributed by atoms with Crippen LogP contribution in [-0.2, 0) is 16.1 Å². The highest BCUT2D eigenvalue weighted by atomic mass is 19.1. The van der Waals surface area contributed by atoms with Crippen LogP contribution in [0.1, 0.15) is 31.2 Å². The van der Waals surface area contributed by atoms with Crippen LogP contribution in [-0.4, -0.2) is 63.2 Å². The molecule has 3 aromatic carbocycles. The van der Waals surface area contributed by atoms with E-state index in [0.29, 0.717) is 36.6 Å². The Labute approximate surface area is 242 Å². The first-order valence-corrected chi connectivity index (χ1v) is 14.2. The van der Waals surface area contributed by atoms with Crippen LogP contribution in [0.15, 0.2) is 77.3 Å². The third-order valence-electron chi connectivity index (χ3n) is 8.26. The molecule has 2 aliphatic heterocycles. The summed E-state index contributed by atoms with van der Waals surface area (Å²) in [5.41, 5.74) is 5.04. The van der Waals surface area contributed by atoms with Gasteiger partial charge in [-0.15, -0.1) is 0 Å². The molecule has 0 bridgehead atoms. The molecule has 42 heavy (non-hydrogen) atoms. The summed E-state index contributed by atoms with van der Waals surface area (Å²) in [6.45, 7) is 3.17.